The molecule has 0 aliphatic heterocycles. The van der Waals surface area contributed by atoms with E-state index in [9.17, 15) is 14.0 Å². The van der Waals surface area contributed by atoms with Gasteiger partial charge in [-0.15, -0.1) is 0 Å². The van der Waals surface area contributed by atoms with Crippen molar-refractivity contribution in [3.05, 3.63) is 10.4 Å². The fourth-order valence-corrected chi connectivity index (χ4v) is 2.29. The third-order valence-corrected chi connectivity index (χ3v) is 3.11. The molecule has 1 aliphatic rings. The molecule has 22 heavy (non-hydrogen) atoms. The van der Waals surface area contributed by atoms with E-state index in [4.69, 9.17) is 15.0 Å². The quantitative estimate of drug-likeness (QED) is 0.371. The number of nitrogens with zero attached hydrogens (tertiary/aromatic N) is 3. The number of ether oxygens (including phenoxy) is 2. The number of nitrogens with one attached hydrogen (secondary N) is 1. The van der Waals surface area contributed by atoms with Gasteiger partial charge in [-0.05, 0) is 39.6 Å². The summed E-state index contributed by atoms with van der Waals surface area (Å²) in [5.74, 6) is -1.56. The number of hydrogen-bond donors (Lipinski definition) is 1. The summed E-state index contributed by atoms with van der Waals surface area (Å²) in [6.07, 6.45) is -2.54. The van der Waals surface area contributed by atoms with E-state index < -0.39 is 41.8 Å². The average molecular weight is 316 g/mol. The number of esters is 1. The van der Waals surface area contributed by atoms with Gasteiger partial charge >= 0.3 is 12.1 Å². The highest BCUT2D eigenvalue weighted by Crippen LogP contribution is 2.32. The molecule has 0 bridgehead atoms. The maximum absolute atomic E-state index is 14.3. The number of alkyl carbamates (subject to hydrolysis) is 1. The van der Waals surface area contributed by atoms with Crippen molar-refractivity contribution in [2.24, 2.45) is 11.0 Å². The first kappa shape index (κ1) is 18.0. The van der Waals surface area contributed by atoms with E-state index in [1.807, 2.05) is 0 Å². The van der Waals surface area contributed by atoms with Crippen LogP contribution in [0.3, 0.4) is 0 Å². The van der Waals surface area contributed by atoms with Gasteiger partial charge in [0.1, 0.15) is 11.8 Å². The predicted octanol–water partition coefficient (Wildman–Crippen LogP) is 2.48. The van der Waals surface area contributed by atoms with Crippen LogP contribution in [0.15, 0.2) is 5.11 Å². The van der Waals surface area contributed by atoms with Gasteiger partial charge in [0.25, 0.3) is 0 Å². The van der Waals surface area contributed by atoms with Gasteiger partial charge in [0.05, 0.1) is 24.6 Å². The maximum atomic E-state index is 14.3. The third kappa shape index (κ3) is 4.77. The molecule has 1 saturated carbocycles. The monoisotopic (exact) mass is 316 g/mol. The van der Waals surface area contributed by atoms with Crippen LogP contribution in [-0.2, 0) is 14.3 Å². The summed E-state index contributed by atoms with van der Waals surface area (Å²) in [4.78, 5) is 26.3. The number of azide groups is 1. The molecule has 1 amide bonds. The van der Waals surface area contributed by atoms with E-state index in [0.717, 1.165) is 0 Å². The summed E-state index contributed by atoms with van der Waals surface area (Å²) in [5, 5.41) is 5.68. The topological polar surface area (TPSA) is 113 Å². The molecular weight excluding hydrogens is 295 g/mol. The van der Waals surface area contributed by atoms with Crippen LogP contribution in [0.2, 0.25) is 0 Å². The standard InChI is InChI=1S/C13H21FN4O4/c1-5-21-11(19)7-6-8(17-18-15)9(14)10(7)16-12(20)22-13(2,3)4/h7-10H,5-6H2,1-4H3,(H,16,20)/t7-,8-,9-,10-/m1/s1. The Kier molecular flexibility index (Phi) is 5.99. The highest BCUT2D eigenvalue weighted by Gasteiger charge is 2.48. The molecule has 1 aliphatic carbocycles. The highest BCUT2D eigenvalue weighted by atomic mass is 19.1. The second-order valence-corrected chi connectivity index (χ2v) is 5.98. The van der Waals surface area contributed by atoms with Crippen LogP contribution >= 0.6 is 0 Å². The molecule has 124 valence electrons. The van der Waals surface area contributed by atoms with Gasteiger partial charge in [0, 0.05) is 4.91 Å². The van der Waals surface area contributed by atoms with E-state index >= 15 is 0 Å². The third-order valence-electron chi connectivity index (χ3n) is 3.11. The van der Waals surface area contributed by atoms with Gasteiger partial charge in [-0.2, -0.15) is 0 Å². The lowest BCUT2D eigenvalue weighted by Crippen LogP contribution is -2.47. The Morgan fingerprint density at radius 1 is 1.45 bits per heavy atom. The van der Waals surface area contributed by atoms with Gasteiger partial charge in [-0.1, -0.05) is 5.11 Å². The van der Waals surface area contributed by atoms with Crippen molar-refractivity contribution < 1.29 is 23.5 Å². The predicted molar refractivity (Wildman–Crippen MR) is 75.7 cm³/mol. The van der Waals surface area contributed by atoms with Gasteiger partial charge < -0.3 is 14.8 Å². The second-order valence-electron chi connectivity index (χ2n) is 5.98. The first-order valence-corrected chi connectivity index (χ1v) is 7.04. The number of carbonyl (C=O) groups is 2. The minimum absolute atomic E-state index is 0.0233. The lowest BCUT2D eigenvalue weighted by molar-refractivity contribution is -0.148. The molecule has 0 heterocycles. The molecule has 1 fully saturated rings. The van der Waals surface area contributed by atoms with E-state index in [-0.39, 0.29) is 13.0 Å². The Labute approximate surface area is 128 Å². The SMILES string of the molecule is CCOC(=O)[C@@H]1C[C@@H](N=[N+]=[N-])[C@@H](F)[C@@H]1NC(=O)OC(C)(C)C. The molecule has 0 radical (unpaired) electrons. The molecule has 9 heteroatoms. The van der Waals surface area contributed by atoms with E-state index in [0.29, 0.717) is 0 Å². The van der Waals surface area contributed by atoms with E-state index in [1.54, 1.807) is 27.7 Å². The Hall–Kier alpha value is -2.02. The second kappa shape index (κ2) is 7.31. The molecule has 0 saturated heterocycles. The number of carbonyl (C=O) groups excluding carboxylic acids is 2. The summed E-state index contributed by atoms with van der Waals surface area (Å²) in [6.45, 7) is 6.76. The zero-order chi connectivity index (χ0) is 16.9. The highest BCUT2D eigenvalue weighted by molar-refractivity contribution is 5.76. The van der Waals surface area contributed by atoms with Crippen LogP contribution in [0.25, 0.3) is 10.4 Å². The molecule has 0 unspecified atom stereocenters. The summed E-state index contributed by atoms with van der Waals surface area (Å²) in [7, 11) is 0. The largest absolute Gasteiger partial charge is 0.466 e. The number of rotatable bonds is 4. The number of halogens is 1. The molecule has 0 aromatic heterocycles. The summed E-state index contributed by atoms with van der Waals surface area (Å²) < 4.78 is 24.3. The molecule has 4 atom stereocenters. The van der Waals surface area contributed by atoms with Crippen molar-refractivity contribution in [2.45, 2.75) is 58.0 Å². The number of hydrogen-bond acceptors (Lipinski definition) is 5. The minimum atomic E-state index is -1.68. The van der Waals surface area contributed by atoms with Crippen molar-refractivity contribution in [2.75, 3.05) is 6.61 Å². The molecule has 0 spiro atoms. The Balaban J connectivity index is 2.87. The van der Waals surface area contributed by atoms with Crippen molar-refractivity contribution >= 4 is 12.1 Å². The van der Waals surface area contributed by atoms with Gasteiger partial charge in [0.2, 0.25) is 0 Å². The molecule has 0 aromatic carbocycles. The van der Waals surface area contributed by atoms with Crippen LogP contribution in [0.1, 0.15) is 34.1 Å². The Bertz CT molecular complexity index is 473. The number of alkyl halides is 1. The minimum Gasteiger partial charge on any atom is -0.466 e. The van der Waals surface area contributed by atoms with Crippen LogP contribution in [0, 0.1) is 5.92 Å². The molecular formula is C13H21FN4O4. The molecule has 1 N–H and O–H groups in total. The van der Waals surface area contributed by atoms with Crippen molar-refractivity contribution in [3.8, 4) is 0 Å². The van der Waals surface area contributed by atoms with E-state index in [2.05, 4.69) is 15.3 Å². The van der Waals surface area contributed by atoms with Crippen molar-refractivity contribution in [1.29, 1.82) is 0 Å². The lowest BCUT2D eigenvalue weighted by Gasteiger charge is -2.25. The van der Waals surface area contributed by atoms with Crippen LogP contribution in [-0.4, -0.2) is 42.5 Å². The van der Waals surface area contributed by atoms with Gasteiger partial charge in [-0.25, -0.2) is 9.18 Å². The smallest absolute Gasteiger partial charge is 0.407 e. The van der Waals surface area contributed by atoms with Crippen molar-refractivity contribution in [3.63, 3.8) is 0 Å². The zero-order valence-corrected chi connectivity index (χ0v) is 13.1. The normalized spacial score (nSPS) is 27.7. The fraction of sp³-hybridized carbons (Fsp3) is 0.846. The maximum Gasteiger partial charge on any atom is 0.407 e. The van der Waals surface area contributed by atoms with Crippen molar-refractivity contribution in [1.82, 2.24) is 5.32 Å². The van der Waals surface area contributed by atoms with Crippen LogP contribution in [0.5, 0.6) is 0 Å². The average Bonchev–Trinajstić information content (AvgIpc) is 2.66. The Morgan fingerprint density at radius 2 is 2.09 bits per heavy atom. The summed E-state index contributed by atoms with van der Waals surface area (Å²) in [6, 6.07) is -2.18. The first-order valence-electron chi connectivity index (χ1n) is 7.04. The first-order chi connectivity index (χ1) is 10.2. The zero-order valence-electron chi connectivity index (χ0n) is 13.1. The molecule has 8 nitrogen and oxygen atoms in total. The Morgan fingerprint density at radius 3 is 2.59 bits per heavy atom. The molecule has 0 aromatic rings. The van der Waals surface area contributed by atoms with Gasteiger partial charge in [-0.3, -0.25) is 4.79 Å². The van der Waals surface area contributed by atoms with Gasteiger partial charge in [0.15, 0.2) is 0 Å². The summed E-state index contributed by atoms with van der Waals surface area (Å²) >= 11 is 0. The lowest BCUT2D eigenvalue weighted by atomic mass is 10.0. The van der Waals surface area contributed by atoms with E-state index in [1.165, 1.54) is 0 Å². The molecule has 1 rings (SSSR count). The summed E-state index contributed by atoms with van der Waals surface area (Å²) in [5.41, 5.74) is 7.71. The van der Waals surface area contributed by atoms with Crippen LogP contribution in [0.4, 0.5) is 9.18 Å². The number of amides is 1. The fourth-order valence-electron chi connectivity index (χ4n) is 2.29. The van der Waals surface area contributed by atoms with Crippen LogP contribution < -0.4 is 5.32 Å².